The summed E-state index contributed by atoms with van der Waals surface area (Å²) >= 11 is 0. The van der Waals surface area contributed by atoms with Gasteiger partial charge in [-0.1, -0.05) is 5.16 Å². The summed E-state index contributed by atoms with van der Waals surface area (Å²) < 4.78 is 17.8. The van der Waals surface area contributed by atoms with Gasteiger partial charge in [-0.15, -0.1) is 0 Å². The number of nitrogen functional groups attached to an aromatic ring is 1. The molecule has 5 heteroatoms. The van der Waals surface area contributed by atoms with Crippen molar-refractivity contribution in [3.8, 4) is 11.5 Å². The molecule has 4 nitrogen and oxygen atoms in total. The lowest BCUT2D eigenvalue weighted by molar-refractivity contribution is 0.431. The molecule has 0 aliphatic carbocycles. The summed E-state index contributed by atoms with van der Waals surface area (Å²) in [4.78, 5) is 3.80. The van der Waals surface area contributed by atoms with Gasteiger partial charge in [-0.3, -0.25) is 0 Å². The summed E-state index contributed by atoms with van der Waals surface area (Å²) in [5.41, 5.74) is 5.43. The Morgan fingerprint density at radius 3 is 2.92 bits per heavy atom. The van der Waals surface area contributed by atoms with Gasteiger partial charge in [0.2, 0.25) is 0 Å². The highest BCUT2D eigenvalue weighted by molar-refractivity contribution is 5.55. The molecular weight excluding hydrogens is 173 g/mol. The maximum atomic E-state index is 13.1. The zero-order chi connectivity index (χ0) is 9.26. The van der Waals surface area contributed by atoms with Crippen LogP contribution in [0.3, 0.4) is 0 Å². The van der Waals surface area contributed by atoms with Crippen molar-refractivity contribution in [2.75, 3.05) is 5.73 Å². The highest BCUT2D eigenvalue weighted by Crippen LogP contribution is 2.20. The molecule has 0 aliphatic heterocycles. The average Bonchev–Trinajstić information content (AvgIpc) is 2.53. The van der Waals surface area contributed by atoms with Gasteiger partial charge in [-0.05, 0) is 12.1 Å². The second-order valence-electron chi connectivity index (χ2n) is 2.45. The number of anilines is 1. The van der Waals surface area contributed by atoms with Gasteiger partial charge in [0.1, 0.15) is 5.69 Å². The van der Waals surface area contributed by atoms with Gasteiger partial charge >= 0.3 is 0 Å². The first-order valence-corrected chi connectivity index (χ1v) is 3.60. The van der Waals surface area contributed by atoms with E-state index in [0.717, 1.165) is 0 Å². The molecule has 0 unspecified atom stereocenters. The lowest BCUT2D eigenvalue weighted by Crippen LogP contribution is -1.85. The monoisotopic (exact) mass is 179 g/mol. The van der Waals surface area contributed by atoms with E-state index in [4.69, 9.17) is 10.3 Å². The molecule has 0 saturated carbocycles. The molecular formula is C8H6FN3O. The molecule has 13 heavy (non-hydrogen) atoms. The van der Waals surface area contributed by atoms with E-state index in [1.165, 1.54) is 24.4 Å². The number of pyridine rings is 1. The maximum Gasteiger partial charge on any atom is 0.190 e. The Balaban J connectivity index is 2.52. The Hall–Kier alpha value is -1.91. The van der Waals surface area contributed by atoms with Crippen LogP contribution in [0.1, 0.15) is 0 Å². The van der Waals surface area contributed by atoms with E-state index in [9.17, 15) is 4.39 Å². The fourth-order valence-corrected chi connectivity index (χ4v) is 0.967. The van der Waals surface area contributed by atoms with Gasteiger partial charge in [-0.25, -0.2) is 9.37 Å². The van der Waals surface area contributed by atoms with Gasteiger partial charge in [0, 0.05) is 12.3 Å². The molecule has 0 amide bonds. The lowest BCUT2D eigenvalue weighted by atomic mass is 10.3. The van der Waals surface area contributed by atoms with E-state index in [1.54, 1.807) is 0 Å². The summed E-state index contributed by atoms with van der Waals surface area (Å²) in [5, 5.41) is 3.43. The van der Waals surface area contributed by atoms with E-state index in [0.29, 0.717) is 0 Å². The normalized spacial score (nSPS) is 10.2. The number of hydrogen-bond donors (Lipinski definition) is 1. The quantitative estimate of drug-likeness (QED) is 0.719. The number of rotatable bonds is 1. The second kappa shape index (κ2) is 2.85. The SMILES string of the molecule is Nc1cc(-c2ncccc2F)on1. The van der Waals surface area contributed by atoms with Crippen molar-refractivity contribution in [3.05, 3.63) is 30.2 Å². The van der Waals surface area contributed by atoms with Crippen LogP contribution < -0.4 is 5.73 Å². The largest absolute Gasteiger partial charge is 0.381 e. The van der Waals surface area contributed by atoms with Gasteiger partial charge in [0.15, 0.2) is 17.4 Å². The van der Waals surface area contributed by atoms with Gasteiger partial charge in [0.25, 0.3) is 0 Å². The summed E-state index contributed by atoms with van der Waals surface area (Å²) in [6.07, 6.45) is 1.47. The summed E-state index contributed by atoms with van der Waals surface area (Å²) in [7, 11) is 0. The smallest absolute Gasteiger partial charge is 0.190 e. The molecule has 0 aliphatic rings. The topological polar surface area (TPSA) is 64.9 Å². The van der Waals surface area contributed by atoms with Gasteiger partial charge < -0.3 is 10.3 Å². The Morgan fingerprint density at radius 1 is 1.46 bits per heavy atom. The molecule has 0 aromatic carbocycles. The lowest BCUT2D eigenvalue weighted by Gasteiger charge is -1.94. The first-order valence-electron chi connectivity index (χ1n) is 3.60. The highest BCUT2D eigenvalue weighted by atomic mass is 19.1. The Bertz CT molecular complexity index is 427. The molecule has 0 saturated heterocycles. The summed E-state index contributed by atoms with van der Waals surface area (Å²) in [5.74, 6) is -0.0192. The van der Waals surface area contributed by atoms with Crippen molar-refractivity contribution >= 4 is 5.82 Å². The van der Waals surface area contributed by atoms with Crippen molar-refractivity contribution in [1.82, 2.24) is 10.1 Å². The number of hydrogen-bond acceptors (Lipinski definition) is 4. The molecule has 2 aromatic heterocycles. The number of aromatic nitrogens is 2. The molecule has 2 N–H and O–H groups in total. The molecule has 2 heterocycles. The molecule has 0 radical (unpaired) electrons. The minimum absolute atomic E-state index is 0.117. The zero-order valence-corrected chi connectivity index (χ0v) is 6.57. The van der Waals surface area contributed by atoms with E-state index in [2.05, 4.69) is 10.1 Å². The Morgan fingerprint density at radius 2 is 2.31 bits per heavy atom. The minimum atomic E-state index is -0.460. The first kappa shape index (κ1) is 7.72. The van der Waals surface area contributed by atoms with Crippen LogP contribution in [0.15, 0.2) is 28.9 Å². The summed E-state index contributed by atoms with van der Waals surface area (Å²) in [6.45, 7) is 0. The van der Waals surface area contributed by atoms with E-state index >= 15 is 0 Å². The predicted octanol–water partition coefficient (Wildman–Crippen LogP) is 1.46. The van der Waals surface area contributed by atoms with E-state index in [-0.39, 0.29) is 17.3 Å². The van der Waals surface area contributed by atoms with Crippen molar-refractivity contribution in [2.45, 2.75) is 0 Å². The van der Waals surface area contributed by atoms with Crippen LogP contribution in [0.4, 0.5) is 10.2 Å². The standard InChI is InChI=1S/C8H6FN3O/c9-5-2-1-3-11-8(5)6-4-7(10)12-13-6/h1-4H,(H2,10,12). The molecule has 2 aromatic rings. The number of halogens is 1. The molecule has 0 fully saturated rings. The maximum absolute atomic E-state index is 13.1. The Labute approximate surface area is 73.2 Å². The van der Waals surface area contributed by atoms with Crippen molar-refractivity contribution in [3.63, 3.8) is 0 Å². The van der Waals surface area contributed by atoms with Crippen molar-refractivity contribution in [2.24, 2.45) is 0 Å². The minimum Gasteiger partial charge on any atom is -0.381 e. The van der Waals surface area contributed by atoms with E-state index in [1.807, 2.05) is 0 Å². The fourth-order valence-electron chi connectivity index (χ4n) is 0.967. The molecule has 66 valence electrons. The van der Waals surface area contributed by atoms with Crippen molar-refractivity contribution < 1.29 is 8.91 Å². The van der Waals surface area contributed by atoms with E-state index < -0.39 is 5.82 Å². The Kier molecular flexibility index (Phi) is 1.70. The molecule has 0 atom stereocenters. The third-order valence-corrected chi connectivity index (χ3v) is 1.52. The van der Waals surface area contributed by atoms with Crippen LogP contribution in [0.5, 0.6) is 0 Å². The highest BCUT2D eigenvalue weighted by Gasteiger charge is 2.10. The molecule has 2 rings (SSSR count). The first-order chi connectivity index (χ1) is 6.27. The van der Waals surface area contributed by atoms with Crippen LogP contribution in [0.25, 0.3) is 11.5 Å². The predicted molar refractivity (Wildman–Crippen MR) is 44.1 cm³/mol. The second-order valence-corrected chi connectivity index (χ2v) is 2.45. The fraction of sp³-hybridized carbons (Fsp3) is 0. The van der Waals surface area contributed by atoms with Crippen LogP contribution >= 0.6 is 0 Å². The van der Waals surface area contributed by atoms with Crippen molar-refractivity contribution in [1.29, 1.82) is 0 Å². The molecule has 0 spiro atoms. The third-order valence-electron chi connectivity index (χ3n) is 1.52. The summed E-state index contributed by atoms with van der Waals surface area (Å²) in [6, 6.07) is 4.21. The van der Waals surface area contributed by atoms with Gasteiger partial charge in [0.05, 0.1) is 0 Å². The number of nitrogens with zero attached hydrogens (tertiary/aromatic N) is 2. The zero-order valence-electron chi connectivity index (χ0n) is 6.57. The average molecular weight is 179 g/mol. The van der Waals surface area contributed by atoms with Crippen LogP contribution in [0, 0.1) is 5.82 Å². The van der Waals surface area contributed by atoms with Crippen LogP contribution in [0.2, 0.25) is 0 Å². The number of nitrogens with two attached hydrogens (primary N) is 1. The van der Waals surface area contributed by atoms with Crippen LogP contribution in [-0.4, -0.2) is 10.1 Å². The van der Waals surface area contributed by atoms with Gasteiger partial charge in [-0.2, -0.15) is 0 Å². The van der Waals surface area contributed by atoms with Crippen LogP contribution in [-0.2, 0) is 0 Å². The third kappa shape index (κ3) is 1.35. The molecule has 0 bridgehead atoms.